The van der Waals surface area contributed by atoms with E-state index in [1.807, 2.05) is 0 Å². The number of nitrogens with two attached hydrogens (primary N) is 1. The maximum Gasteiger partial charge on any atom is 0.0487 e. The minimum Gasteiger partial charge on any atom is -0.396 e. The Balaban J connectivity index is 1.99. The second kappa shape index (κ2) is 7.95. The monoisotopic (exact) mass is 289 g/mol. The molecule has 2 heteroatoms. The first kappa shape index (κ1) is 16.5. The summed E-state index contributed by atoms with van der Waals surface area (Å²) < 4.78 is 0. The van der Waals surface area contributed by atoms with E-state index in [4.69, 9.17) is 5.73 Å². The van der Waals surface area contributed by atoms with Gasteiger partial charge in [0.2, 0.25) is 0 Å². The fourth-order valence-corrected chi connectivity index (χ4v) is 3.74. The maximum atomic E-state index is 9.83. The second-order valence-corrected chi connectivity index (χ2v) is 6.94. The van der Waals surface area contributed by atoms with Crippen molar-refractivity contribution < 1.29 is 5.11 Å². The number of aliphatic hydroxyl groups excluding tert-OH is 1. The third kappa shape index (κ3) is 4.82. The summed E-state index contributed by atoms with van der Waals surface area (Å²) in [5, 5.41) is 9.83. The molecular formula is C19H31NO. The van der Waals surface area contributed by atoms with E-state index in [1.165, 1.54) is 48.8 Å². The van der Waals surface area contributed by atoms with Crippen molar-refractivity contribution in [3.63, 3.8) is 0 Å². The lowest BCUT2D eigenvalue weighted by Gasteiger charge is -2.35. The molecule has 0 aliphatic heterocycles. The molecule has 0 saturated heterocycles. The molecule has 1 aliphatic rings. The normalized spacial score (nSPS) is 17.9. The highest BCUT2D eigenvalue weighted by molar-refractivity contribution is 5.29. The number of benzene rings is 1. The molecule has 1 aliphatic carbocycles. The molecular weight excluding hydrogens is 258 g/mol. The third-order valence-electron chi connectivity index (χ3n) is 5.06. The van der Waals surface area contributed by atoms with E-state index < -0.39 is 0 Å². The minimum absolute atomic E-state index is 0.194. The molecule has 21 heavy (non-hydrogen) atoms. The van der Waals surface area contributed by atoms with E-state index in [1.54, 1.807) is 0 Å². The van der Waals surface area contributed by atoms with Crippen LogP contribution in [-0.4, -0.2) is 18.3 Å². The Morgan fingerprint density at radius 1 is 1.05 bits per heavy atom. The second-order valence-electron chi connectivity index (χ2n) is 6.94. The van der Waals surface area contributed by atoms with E-state index in [9.17, 15) is 5.11 Å². The lowest BCUT2D eigenvalue weighted by Crippen LogP contribution is -2.28. The summed E-state index contributed by atoms with van der Waals surface area (Å²) in [4.78, 5) is 0. The predicted octanol–water partition coefficient (Wildman–Crippen LogP) is 3.76. The van der Waals surface area contributed by atoms with Gasteiger partial charge in [-0.25, -0.2) is 0 Å². The summed E-state index contributed by atoms with van der Waals surface area (Å²) in [6.45, 7) is 3.30. The zero-order valence-corrected chi connectivity index (χ0v) is 13.5. The van der Waals surface area contributed by atoms with E-state index in [0.717, 1.165) is 32.2 Å². The van der Waals surface area contributed by atoms with Crippen LogP contribution in [0, 0.1) is 12.3 Å². The van der Waals surface area contributed by atoms with E-state index in [2.05, 4.69) is 25.1 Å². The van der Waals surface area contributed by atoms with Crippen LogP contribution in [0.3, 0.4) is 0 Å². The van der Waals surface area contributed by atoms with Crippen LogP contribution in [0.15, 0.2) is 18.2 Å². The highest BCUT2D eigenvalue weighted by Gasteiger charge is 2.30. The molecule has 0 aromatic heterocycles. The average molecular weight is 289 g/mol. The summed E-state index contributed by atoms with van der Waals surface area (Å²) in [5.74, 6) is 0. The van der Waals surface area contributed by atoms with Crippen molar-refractivity contribution in [2.75, 3.05) is 13.2 Å². The summed E-state index contributed by atoms with van der Waals surface area (Å²) >= 11 is 0. The van der Waals surface area contributed by atoms with Crippen LogP contribution in [0.25, 0.3) is 0 Å². The smallest absolute Gasteiger partial charge is 0.0487 e. The largest absolute Gasteiger partial charge is 0.396 e. The third-order valence-corrected chi connectivity index (χ3v) is 5.06. The highest BCUT2D eigenvalue weighted by atomic mass is 16.3. The van der Waals surface area contributed by atoms with Crippen molar-refractivity contribution in [3.05, 3.63) is 34.9 Å². The molecule has 0 atom stereocenters. The molecule has 1 fully saturated rings. The lowest BCUT2D eigenvalue weighted by atomic mass is 9.71. The van der Waals surface area contributed by atoms with Gasteiger partial charge in [-0.05, 0) is 68.5 Å². The van der Waals surface area contributed by atoms with Crippen LogP contribution in [0.1, 0.15) is 61.6 Å². The molecule has 0 radical (unpaired) electrons. The molecule has 0 spiro atoms. The zero-order valence-electron chi connectivity index (χ0n) is 13.5. The molecule has 1 aromatic rings. The topological polar surface area (TPSA) is 46.2 Å². The van der Waals surface area contributed by atoms with Crippen LogP contribution in [0.5, 0.6) is 0 Å². The SMILES string of the molecule is Cc1cc(CCCN)cc(CCC2(CO)CCCCC2)c1. The maximum absolute atomic E-state index is 9.83. The number of hydrogen-bond acceptors (Lipinski definition) is 2. The van der Waals surface area contributed by atoms with Gasteiger partial charge in [-0.2, -0.15) is 0 Å². The van der Waals surface area contributed by atoms with Crippen molar-refractivity contribution in [2.24, 2.45) is 11.1 Å². The summed E-state index contributed by atoms with van der Waals surface area (Å²) in [7, 11) is 0. The molecule has 0 unspecified atom stereocenters. The molecule has 0 bridgehead atoms. The van der Waals surface area contributed by atoms with Crippen molar-refractivity contribution >= 4 is 0 Å². The van der Waals surface area contributed by atoms with Gasteiger partial charge in [0.05, 0.1) is 0 Å². The first-order chi connectivity index (χ1) is 10.2. The number of hydrogen-bond donors (Lipinski definition) is 2. The van der Waals surface area contributed by atoms with Gasteiger partial charge in [-0.1, -0.05) is 43.0 Å². The number of aryl methyl sites for hydroxylation is 3. The van der Waals surface area contributed by atoms with Gasteiger partial charge >= 0.3 is 0 Å². The quantitative estimate of drug-likeness (QED) is 0.803. The molecule has 1 aromatic carbocycles. The van der Waals surface area contributed by atoms with E-state index >= 15 is 0 Å². The molecule has 2 nitrogen and oxygen atoms in total. The molecule has 2 rings (SSSR count). The van der Waals surface area contributed by atoms with Crippen molar-refractivity contribution in [3.8, 4) is 0 Å². The van der Waals surface area contributed by atoms with Crippen LogP contribution in [0.4, 0.5) is 0 Å². The van der Waals surface area contributed by atoms with Gasteiger partial charge in [0.1, 0.15) is 0 Å². The van der Waals surface area contributed by atoms with Crippen molar-refractivity contribution in [2.45, 2.75) is 64.7 Å². The minimum atomic E-state index is 0.194. The molecule has 1 saturated carbocycles. The fraction of sp³-hybridized carbons (Fsp3) is 0.684. The standard InChI is InChI=1S/C19H31NO/c1-16-12-17(6-5-11-20)14-18(13-16)7-10-19(15-21)8-3-2-4-9-19/h12-14,21H,2-11,15,20H2,1H3. The Morgan fingerprint density at radius 2 is 1.71 bits per heavy atom. The van der Waals surface area contributed by atoms with Gasteiger partial charge in [0.15, 0.2) is 0 Å². The molecule has 118 valence electrons. The summed E-state index contributed by atoms with van der Waals surface area (Å²) in [5.41, 5.74) is 10.0. The van der Waals surface area contributed by atoms with Crippen LogP contribution in [0.2, 0.25) is 0 Å². The predicted molar refractivity (Wildman–Crippen MR) is 89.5 cm³/mol. The Morgan fingerprint density at radius 3 is 2.33 bits per heavy atom. The first-order valence-corrected chi connectivity index (χ1v) is 8.58. The van der Waals surface area contributed by atoms with Gasteiger partial charge < -0.3 is 10.8 Å². The Labute approximate surface area is 129 Å². The number of aliphatic hydroxyl groups is 1. The Hall–Kier alpha value is -0.860. The zero-order chi connectivity index (χ0) is 15.1. The van der Waals surface area contributed by atoms with Gasteiger partial charge in [-0.15, -0.1) is 0 Å². The van der Waals surface area contributed by atoms with Gasteiger partial charge in [-0.3, -0.25) is 0 Å². The first-order valence-electron chi connectivity index (χ1n) is 8.58. The molecule has 3 N–H and O–H groups in total. The summed E-state index contributed by atoms with van der Waals surface area (Å²) in [6, 6.07) is 6.93. The van der Waals surface area contributed by atoms with Crippen LogP contribution in [-0.2, 0) is 12.8 Å². The Kier molecular flexibility index (Phi) is 6.25. The average Bonchev–Trinajstić information content (AvgIpc) is 2.51. The van der Waals surface area contributed by atoms with E-state index in [0.29, 0.717) is 6.61 Å². The van der Waals surface area contributed by atoms with Gasteiger partial charge in [0, 0.05) is 6.61 Å². The lowest BCUT2D eigenvalue weighted by molar-refractivity contribution is 0.0737. The highest BCUT2D eigenvalue weighted by Crippen LogP contribution is 2.39. The van der Waals surface area contributed by atoms with Crippen molar-refractivity contribution in [1.82, 2.24) is 0 Å². The molecule has 0 heterocycles. The molecule has 0 amide bonds. The number of rotatable bonds is 7. The van der Waals surface area contributed by atoms with Crippen LogP contribution < -0.4 is 5.73 Å². The van der Waals surface area contributed by atoms with Gasteiger partial charge in [0.25, 0.3) is 0 Å². The van der Waals surface area contributed by atoms with E-state index in [-0.39, 0.29) is 5.41 Å². The van der Waals surface area contributed by atoms with Crippen LogP contribution >= 0.6 is 0 Å². The fourth-order valence-electron chi connectivity index (χ4n) is 3.74. The van der Waals surface area contributed by atoms with Crippen molar-refractivity contribution in [1.29, 1.82) is 0 Å². The Bertz CT molecular complexity index is 435. The summed E-state index contributed by atoms with van der Waals surface area (Å²) in [6.07, 6.45) is 10.7.